The van der Waals surface area contributed by atoms with E-state index in [-0.39, 0.29) is 23.4 Å². The Hall–Kier alpha value is -3.43. The Labute approximate surface area is 230 Å². The van der Waals surface area contributed by atoms with Crippen molar-refractivity contribution in [1.82, 2.24) is 15.0 Å². The number of pyridine rings is 1. The molecular formula is C25H30F9N7. The fraction of sp³-hybridized carbons (Fsp3) is 0.520. The Morgan fingerprint density at radius 3 is 1.95 bits per heavy atom. The van der Waals surface area contributed by atoms with Crippen LogP contribution < -0.4 is 16.9 Å². The molecule has 0 radical (unpaired) electrons. The van der Waals surface area contributed by atoms with E-state index in [1.807, 2.05) is 0 Å². The van der Waals surface area contributed by atoms with E-state index in [1.54, 1.807) is 0 Å². The van der Waals surface area contributed by atoms with Crippen molar-refractivity contribution >= 4 is 11.8 Å². The molecule has 0 aliphatic heterocycles. The average molecular weight is 600 g/mol. The molecule has 0 unspecified atom stereocenters. The lowest BCUT2D eigenvalue weighted by molar-refractivity contribution is -0.143. The van der Waals surface area contributed by atoms with Gasteiger partial charge in [0.15, 0.2) is 0 Å². The molecule has 1 aromatic carbocycles. The number of rotatable bonds is 8. The Balaban J connectivity index is 2.03. The summed E-state index contributed by atoms with van der Waals surface area (Å²) in [5.41, 5.74) is 1.27. The molecule has 0 atom stereocenters. The number of aromatic nitrogens is 1. The van der Waals surface area contributed by atoms with Gasteiger partial charge in [-0.05, 0) is 48.6 Å². The number of guanidine groups is 1. The number of nitrogens with zero attached hydrogens (tertiary/aromatic N) is 4. The van der Waals surface area contributed by atoms with Crippen LogP contribution in [-0.2, 0) is 31.6 Å². The van der Waals surface area contributed by atoms with Crippen molar-refractivity contribution in [2.24, 2.45) is 22.6 Å². The highest BCUT2D eigenvalue weighted by molar-refractivity contribution is 5.78. The second-order valence-electron chi connectivity index (χ2n) is 9.92. The van der Waals surface area contributed by atoms with Gasteiger partial charge >= 0.3 is 18.5 Å². The average Bonchev–Trinajstić information content (AvgIpc) is 2.86. The van der Waals surface area contributed by atoms with E-state index in [0.29, 0.717) is 24.9 Å². The van der Waals surface area contributed by atoms with Gasteiger partial charge in [-0.3, -0.25) is 0 Å². The van der Waals surface area contributed by atoms with Crippen LogP contribution in [0.3, 0.4) is 0 Å². The van der Waals surface area contributed by atoms with Crippen LogP contribution in [-0.4, -0.2) is 34.6 Å². The van der Waals surface area contributed by atoms with Crippen molar-refractivity contribution in [3.05, 3.63) is 58.3 Å². The first-order chi connectivity index (χ1) is 18.9. The van der Waals surface area contributed by atoms with E-state index in [0.717, 1.165) is 48.2 Å². The standard InChI is InChI=1S/C25H30F9N7/c1-40(36)39-22(35)41(13-16-7-18(23(26,27)28)10-19(8-16)24(29,30)31)14-17-9-20(25(32,33)34)12-38-21(17)37-11-15-5-3-2-4-6-15/h7-10,12,15H,2-6,11,13-14,36H2,1H3,(H2,35,39)(H,37,38). The van der Waals surface area contributed by atoms with Gasteiger partial charge in [-0.25, -0.2) is 15.9 Å². The van der Waals surface area contributed by atoms with Crippen LogP contribution in [0.1, 0.15) is 59.9 Å². The van der Waals surface area contributed by atoms with Crippen LogP contribution in [0.5, 0.6) is 0 Å². The molecule has 1 aliphatic rings. The van der Waals surface area contributed by atoms with Crippen LogP contribution >= 0.6 is 0 Å². The summed E-state index contributed by atoms with van der Waals surface area (Å²) in [7, 11) is 1.25. The second-order valence-corrected chi connectivity index (χ2v) is 9.92. The van der Waals surface area contributed by atoms with Crippen molar-refractivity contribution < 1.29 is 39.5 Å². The van der Waals surface area contributed by atoms with E-state index in [4.69, 9.17) is 11.6 Å². The smallest absolute Gasteiger partial charge is 0.370 e. The van der Waals surface area contributed by atoms with Crippen molar-refractivity contribution in [3.63, 3.8) is 0 Å². The first kappa shape index (κ1) is 32.1. The summed E-state index contributed by atoms with van der Waals surface area (Å²) >= 11 is 0. The van der Waals surface area contributed by atoms with Crippen LogP contribution in [0.15, 0.2) is 35.6 Å². The number of nitrogens with one attached hydrogen (secondary N) is 1. The van der Waals surface area contributed by atoms with Gasteiger partial charge in [0, 0.05) is 38.4 Å². The number of hydrogen-bond acceptors (Lipinski definition) is 5. The minimum absolute atomic E-state index is 0.0248. The van der Waals surface area contributed by atoms with Crippen molar-refractivity contribution in [2.45, 2.75) is 63.7 Å². The molecule has 7 nitrogen and oxygen atoms in total. The Kier molecular flexibility index (Phi) is 9.87. The van der Waals surface area contributed by atoms with Gasteiger partial charge in [-0.15, -0.1) is 5.10 Å². The summed E-state index contributed by atoms with van der Waals surface area (Å²) in [6.45, 7) is -0.748. The maximum absolute atomic E-state index is 13.5. The SMILES string of the molecule is CN(N)/N=C(\N)N(Cc1cc(C(F)(F)F)cc(C(F)(F)F)c1)Cc1cc(C(F)(F)F)cnc1NCC1CCCCC1. The molecule has 16 heteroatoms. The fourth-order valence-corrected chi connectivity index (χ4v) is 4.56. The first-order valence-electron chi connectivity index (χ1n) is 12.6. The van der Waals surface area contributed by atoms with Gasteiger partial charge in [0.1, 0.15) is 5.82 Å². The maximum atomic E-state index is 13.5. The zero-order valence-electron chi connectivity index (χ0n) is 22.0. The molecule has 1 fully saturated rings. The molecule has 0 amide bonds. The predicted octanol–water partition coefficient (Wildman–Crippen LogP) is 6.17. The molecule has 0 saturated heterocycles. The Morgan fingerprint density at radius 1 is 0.878 bits per heavy atom. The molecule has 1 heterocycles. The van der Waals surface area contributed by atoms with Crippen LogP contribution in [0, 0.1) is 5.92 Å². The summed E-state index contributed by atoms with van der Waals surface area (Å²) in [4.78, 5) is 4.95. The van der Waals surface area contributed by atoms with Gasteiger partial charge in [-0.1, -0.05) is 19.3 Å². The zero-order chi connectivity index (χ0) is 30.6. The molecular weight excluding hydrogens is 569 g/mol. The number of nitrogens with two attached hydrogens (primary N) is 2. The van der Waals surface area contributed by atoms with Gasteiger partial charge in [0.05, 0.1) is 16.7 Å². The maximum Gasteiger partial charge on any atom is 0.417 e. The number of anilines is 1. The molecule has 41 heavy (non-hydrogen) atoms. The Morgan fingerprint density at radius 2 is 1.44 bits per heavy atom. The first-order valence-corrected chi connectivity index (χ1v) is 12.6. The lowest BCUT2D eigenvalue weighted by atomic mass is 9.89. The van der Waals surface area contributed by atoms with Crippen LogP contribution in [0.2, 0.25) is 0 Å². The molecule has 0 spiro atoms. The molecule has 0 bridgehead atoms. The number of halogens is 9. The van der Waals surface area contributed by atoms with Gasteiger partial charge < -0.3 is 16.0 Å². The third kappa shape index (κ3) is 9.30. The van der Waals surface area contributed by atoms with Crippen LogP contribution in [0.25, 0.3) is 0 Å². The van der Waals surface area contributed by atoms with E-state index in [9.17, 15) is 39.5 Å². The zero-order valence-corrected chi connectivity index (χ0v) is 22.0. The van der Waals surface area contributed by atoms with E-state index >= 15 is 0 Å². The number of hydrazone groups is 1. The molecule has 228 valence electrons. The largest absolute Gasteiger partial charge is 0.417 e. The van der Waals surface area contributed by atoms with Crippen molar-refractivity contribution in [2.75, 3.05) is 18.9 Å². The minimum Gasteiger partial charge on any atom is -0.370 e. The highest BCUT2D eigenvalue weighted by atomic mass is 19.4. The third-order valence-electron chi connectivity index (χ3n) is 6.54. The molecule has 3 rings (SSSR count). The van der Waals surface area contributed by atoms with E-state index in [2.05, 4.69) is 15.4 Å². The quantitative estimate of drug-likeness (QED) is 0.111. The minimum atomic E-state index is -5.10. The highest BCUT2D eigenvalue weighted by Gasteiger charge is 2.37. The topological polar surface area (TPSA) is 95.8 Å². The highest BCUT2D eigenvalue weighted by Crippen LogP contribution is 2.37. The number of benzene rings is 1. The summed E-state index contributed by atoms with van der Waals surface area (Å²) < 4.78 is 121. The summed E-state index contributed by atoms with van der Waals surface area (Å²) in [5.74, 6) is 5.36. The number of hydrogen-bond donors (Lipinski definition) is 3. The molecule has 1 aromatic heterocycles. The lowest BCUT2D eigenvalue weighted by Gasteiger charge is -2.27. The van der Waals surface area contributed by atoms with Gasteiger partial charge in [-0.2, -0.15) is 39.5 Å². The lowest BCUT2D eigenvalue weighted by Crippen LogP contribution is -2.39. The summed E-state index contributed by atoms with van der Waals surface area (Å²) in [5, 5.41) is 7.55. The van der Waals surface area contributed by atoms with E-state index in [1.165, 1.54) is 7.05 Å². The number of hydrazine groups is 1. The van der Waals surface area contributed by atoms with Crippen molar-refractivity contribution in [1.29, 1.82) is 0 Å². The number of alkyl halides is 9. The van der Waals surface area contributed by atoms with Gasteiger partial charge in [0.25, 0.3) is 0 Å². The fourth-order valence-electron chi connectivity index (χ4n) is 4.56. The third-order valence-corrected chi connectivity index (χ3v) is 6.54. The molecule has 2 aromatic rings. The molecule has 1 saturated carbocycles. The predicted molar refractivity (Wildman–Crippen MR) is 134 cm³/mol. The monoisotopic (exact) mass is 599 g/mol. The van der Waals surface area contributed by atoms with Crippen molar-refractivity contribution in [3.8, 4) is 0 Å². The van der Waals surface area contributed by atoms with E-state index < -0.39 is 59.8 Å². The molecule has 1 aliphatic carbocycles. The summed E-state index contributed by atoms with van der Waals surface area (Å²) in [6, 6.07) is 1.79. The normalized spacial score (nSPS) is 15.6. The molecule has 5 N–H and O–H groups in total. The Bertz CT molecular complexity index is 1170. The van der Waals surface area contributed by atoms with Crippen LogP contribution in [0.4, 0.5) is 45.3 Å². The second kappa shape index (κ2) is 12.6. The summed E-state index contributed by atoms with van der Waals surface area (Å²) in [6.07, 6.45) is -9.34. The van der Waals surface area contributed by atoms with Gasteiger partial charge in [0.2, 0.25) is 5.96 Å².